The molecule has 2 aromatic rings. The molecule has 0 bridgehead atoms. The fourth-order valence-corrected chi connectivity index (χ4v) is 4.01. The molecule has 0 aromatic heterocycles. The zero-order valence-corrected chi connectivity index (χ0v) is 17.8. The summed E-state index contributed by atoms with van der Waals surface area (Å²) < 4.78 is 5.54. The van der Waals surface area contributed by atoms with E-state index in [9.17, 15) is 5.11 Å². The smallest absolute Gasteiger partial charge is 0.126 e. The van der Waals surface area contributed by atoms with Crippen molar-refractivity contribution in [3.05, 3.63) is 59.7 Å². The third-order valence-electron chi connectivity index (χ3n) is 5.63. The molecule has 1 heterocycles. The molecule has 0 radical (unpaired) electrons. The standard InChI is InChI=1S/C24H33N3O2/c1-4-26(5-2)22-12-11-21(23(28)17-22)18-25-19(3)24(20-9-7-6-8-10-20)27-13-15-29-16-14-27/h6-12,17-19,24,28H,4-5,13-16H2,1-3H3/t19-,24+/m0/s1. The second-order valence-corrected chi connectivity index (χ2v) is 7.44. The maximum Gasteiger partial charge on any atom is 0.126 e. The Morgan fingerprint density at radius 3 is 2.41 bits per heavy atom. The van der Waals surface area contributed by atoms with Crippen LogP contribution in [-0.4, -0.2) is 61.7 Å². The lowest BCUT2D eigenvalue weighted by atomic mass is 9.98. The molecule has 1 fully saturated rings. The lowest BCUT2D eigenvalue weighted by Gasteiger charge is -2.37. The molecule has 156 valence electrons. The maximum atomic E-state index is 10.5. The molecule has 5 heteroatoms. The Bertz CT molecular complexity index is 784. The van der Waals surface area contributed by atoms with E-state index in [1.165, 1.54) is 5.56 Å². The highest BCUT2D eigenvalue weighted by atomic mass is 16.5. The van der Waals surface area contributed by atoms with Gasteiger partial charge in [-0.3, -0.25) is 9.89 Å². The SMILES string of the molecule is CCN(CC)c1ccc(C=N[C@@H](C)[C@H](c2ccccc2)N2CCOCC2)c(O)c1. The Balaban J connectivity index is 1.80. The average molecular weight is 396 g/mol. The minimum atomic E-state index is 0.0531. The van der Waals surface area contributed by atoms with Gasteiger partial charge < -0.3 is 14.7 Å². The number of ether oxygens (including phenoxy) is 1. The number of aromatic hydroxyl groups is 1. The third-order valence-corrected chi connectivity index (χ3v) is 5.63. The van der Waals surface area contributed by atoms with Crippen molar-refractivity contribution < 1.29 is 9.84 Å². The molecule has 0 spiro atoms. The molecule has 1 saturated heterocycles. The number of benzene rings is 2. The fraction of sp³-hybridized carbons (Fsp3) is 0.458. The molecule has 1 aliphatic heterocycles. The summed E-state index contributed by atoms with van der Waals surface area (Å²) in [4.78, 5) is 9.50. The fourth-order valence-electron chi connectivity index (χ4n) is 4.01. The zero-order chi connectivity index (χ0) is 20.6. The van der Waals surface area contributed by atoms with Crippen LogP contribution in [0.5, 0.6) is 5.75 Å². The number of morpholine rings is 1. The highest BCUT2D eigenvalue weighted by Gasteiger charge is 2.27. The zero-order valence-electron chi connectivity index (χ0n) is 17.8. The monoisotopic (exact) mass is 395 g/mol. The van der Waals surface area contributed by atoms with Crippen molar-refractivity contribution in [2.45, 2.75) is 32.9 Å². The van der Waals surface area contributed by atoms with Crippen molar-refractivity contribution in [3.8, 4) is 5.75 Å². The minimum absolute atomic E-state index is 0.0531. The van der Waals surface area contributed by atoms with E-state index in [0.29, 0.717) is 0 Å². The van der Waals surface area contributed by atoms with Gasteiger partial charge in [0.15, 0.2) is 0 Å². The molecule has 3 rings (SSSR count). The summed E-state index contributed by atoms with van der Waals surface area (Å²) in [6.07, 6.45) is 1.81. The van der Waals surface area contributed by atoms with E-state index in [2.05, 4.69) is 60.9 Å². The summed E-state index contributed by atoms with van der Waals surface area (Å²) >= 11 is 0. The van der Waals surface area contributed by atoms with Crippen LogP contribution >= 0.6 is 0 Å². The Kier molecular flexibility index (Phi) is 7.67. The highest BCUT2D eigenvalue weighted by Crippen LogP contribution is 2.28. The molecule has 0 amide bonds. The van der Waals surface area contributed by atoms with Gasteiger partial charge in [-0.15, -0.1) is 0 Å². The normalized spacial score (nSPS) is 17.3. The number of phenols is 1. The lowest BCUT2D eigenvalue weighted by Crippen LogP contribution is -2.42. The molecule has 29 heavy (non-hydrogen) atoms. The average Bonchev–Trinajstić information content (AvgIpc) is 2.76. The quantitative estimate of drug-likeness (QED) is 0.683. The molecular formula is C24H33N3O2. The highest BCUT2D eigenvalue weighted by molar-refractivity contribution is 5.84. The van der Waals surface area contributed by atoms with Gasteiger partial charge in [0.1, 0.15) is 5.75 Å². The van der Waals surface area contributed by atoms with E-state index in [0.717, 1.165) is 50.6 Å². The number of hydrogen-bond acceptors (Lipinski definition) is 5. The molecule has 5 nitrogen and oxygen atoms in total. The van der Waals surface area contributed by atoms with Crippen molar-refractivity contribution >= 4 is 11.9 Å². The largest absolute Gasteiger partial charge is 0.507 e. The second-order valence-electron chi connectivity index (χ2n) is 7.44. The van der Waals surface area contributed by atoms with E-state index in [1.54, 1.807) is 0 Å². The molecular weight excluding hydrogens is 362 g/mol. The van der Waals surface area contributed by atoms with Crippen LogP contribution in [0.25, 0.3) is 0 Å². The van der Waals surface area contributed by atoms with Gasteiger partial charge >= 0.3 is 0 Å². The molecule has 2 atom stereocenters. The third kappa shape index (κ3) is 5.37. The summed E-state index contributed by atoms with van der Waals surface area (Å²) in [5.41, 5.74) is 3.05. The van der Waals surface area contributed by atoms with Crippen molar-refractivity contribution in [2.75, 3.05) is 44.3 Å². The first-order chi connectivity index (χ1) is 14.1. The number of aliphatic imine (C=N–C) groups is 1. The van der Waals surface area contributed by atoms with Crippen LogP contribution in [0.15, 0.2) is 53.5 Å². The minimum Gasteiger partial charge on any atom is -0.507 e. The maximum absolute atomic E-state index is 10.5. The molecule has 1 N–H and O–H groups in total. The summed E-state index contributed by atoms with van der Waals surface area (Å²) in [5.74, 6) is 0.271. The summed E-state index contributed by atoms with van der Waals surface area (Å²) in [6, 6.07) is 16.6. The van der Waals surface area contributed by atoms with E-state index < -0.39 is 0 Å². The Hall–Kier alpha value is -2.37. The number of nitrogens with zero attached hydrogens (tertiary/aromatic N) is 3. The van der Waals surface area contributed by atoms with Crippen molar-refractivity contribution in [3.63, 3.8) is 0 Å². The second kappa shape index (κ2) is 10.4. The molecule has 0 unspecified atom stereocenters. The van der Waals surface area contributed by atoms with Crippen molar-refractivity contribution in [1.82, 2.24) is 4.90 Å². The summed E-state index contributed by atoms with van der Waals surface area (Å²) in [7, 11) is 0. The van der Waals surface area contributed by atoms with Crippen molar-refractivity contribution in [1.29, 1.82) is 0 Å². The molecule has 2 aromatic carbocycles. The van der Waals surface area contributed by atoms with E-state index in [4.69, 9.17) is 9.73 Å². The number of phenolic OH excluding ortho intramolecular Hbond substituents is 1. The van der Waals surface area contributed by atoms with Crippen molar-refractivity contribution in [2.24, 2.45) is 4.99 Å². The Morgan fingerprint density at radius 2 is 1.79 bits per heavy atom. The van der Waals surface area contributed by atoms with Gasteiger partial charge in [-0.2, -0.15) is 0 Å². The number of hydrogen-bond donors (Lipinski definition) is 1. The predicted molar refractivity (Wildman–Crippen MR) is 120 cm³/mol. The van der Waals surface area contributed by atoms with Crippen LogP contribution in [0.2, 0.25) is 0 Å². The van der Waals surface area contributed by atoms with Gasteiger partial charge in [0.05, 0.1) is 25.3 Å². The lowest BCUT2D eigenvalue weighted by molar-refractivity contribution is 0.0119. The first kappa shape index (κ1) is 21.3. The van der Waals surface area contributed by atoms with Gasteiger partial charge in [-0.1, -0.05) is 30.3 Å². The van der Waals surface area contributed by atoms with Crippen LogP contribution in [0.4, 0.5) is 5.69 Å². The van der Waals surface area contributed by atoms with Gasteiger partial charge in [0.2, 0.25) is 0 Å². The van der Waals surface area contributed by atoms with E-state index in [1.807, 2.05) is 24.4 Å². The Morgan fingerprint density at radius 1 is 1.10 bits per heavy atom. The first-order valence-corrected chi connectivity index (χ1v) is 10.6. The van der Waals surface area contributed by atoms with E-state index in [-0.39, 0.29) is 17.8 Å². The summed E-state index contributed by atoms with van der Waals surface area (Å²) in [5, 5.41) is 10.5. The molecule has 0 aliphatic carbocycles. The van der Waals surface area contributed by atoms with E-state index >= 15 is 0 Å². The van der Waals surface area contributed by atoms with Crippen LogP contribution in [-0.2, 0) is 4.74 Å². The molecule has 1 aliphatic rings. The topological polar surface area (TPSA) is 48.3 Å². The van der Waals surface area contributed by atoms with Gasteiger partial charge in [-0.25, -0.2) is 0 Å². The van der Waals surface area contributed by atoms with Crippen LogP contribution < -0.4 is 4.90 Å². The Labute approximate surface area is 174 Å². The first-order valence-electron chi connectivity index (χ1n) is 10.6. The van der Waals surface area contributed by atoms with Crippen LogP contribution in [0.3, 0.4) is 0 Å². The van der Waals surface area contributed by atoms with Crippen LogP contribution in [0, 0.1) is 0 Å². The number of anilines is 1. The van der Waals surface area contributed by atoms with Crippen LogP contribution in [0.1, 0.15) is 37.9 Å². The van der Waals surface area contributed by atoms with Gasteiger partial charge in [0.25, 0.3) is 0 Å². The van der Waals surface area contributed by atoms with Gasteiger partial charge in [-0.05, 0) is 38.5 Å². The summed E-state index contributed by atoms with van der Waals surface area (Å²) in [6.45, 7) is 11.5. The molecule has 0 saturated carbocycles. The predicted octanol–water partition coefficient (Wildman–Crippen LogP) is 4.12. The number of rotatable bonds is 8. The van der Waals surface area contributed by atoms with Gasteiger partial charge in [0, 0.05) is 49.7 Å².